The molecule has 2 N–H and O–H groups in total. The summed E-state index contributed by atoms with van der Waals surface area (Å²) in [6, 6.07) is 5.01. The number of benzene rings is 1. The van der Waals surface area contributed by atoms with Crippen LogP contribution in [-0.2, 0) is 11.0 Å². The molecule has 0 unspecified atom stereocenters. The van der Waals surface area contributed by atoms with Crippen LogP contribution in [0.3, 0.4) is 0 Å². The number of ether oxygens (including phenoxy) is 1. The summed E-state index contributed by atoms with van der Waals surface area (Å²) in [6.45, 7) is 4.41. The molecule has 0 amide bonds. The van der Waals surface area contributed by atoms with Crippen LogP contribution < -0.4 is 21.8 Å². The van der Waals surface area contributed by atoms with E-state index in [9.17, 15) is 31.9 Å². The second kappa shape index (κ2) is 9.38. The Hall–Kier alpha value is -3.32. The number of carbonyl (C=O) groups excluding carboxylic acids is 1. The van der Waals surface area contributed by atoms with E-state index in [4.69, 9.17) is 22.2 Å². The number of nitrogens with two attached hydrogens (primary N) is 1. The predicted molar refractivity (Wildman–Crippen MR) is 120 cm³/mol. The number of hydrogen-bond acceptors (Lipinski definition) is 7. The van der Waals surface area contributed by atoms with Crippen LogP contribution in [0.4, 0.5) is 17.6 Å². The molecule has 0 aliphatic rings. The molecule has 0 saturated heterocycles. The van der Waals surface area contributed by atoms with Gasteiger partial charge in [0.25, 0.3) is 5.56 Å². The first-order chi connectivity index (χ1) is 16.1. The van der Waals surface area contributed by atoms with Crippen LogP contribution in [0, 0.1) is 5.82 Å². The second-order valence-corrected chi connectivity index (χ2v) is 9.16. The maximum Gasteiger partial charge on any atom is 0.433 e. The molecule has 0 saturated carbocycles. The lowest BCUT2D eigenvalue weighted by molar-refractivity contribution is -0.143. The van der Waals surface area contributed by atoms with E-state index >= 15 is 0 Å². The highest BCUT2D eigenvalue weighted by Gasteiger charge is 2.36. The molecule has 14 heteroatoms. The number of halogens is 5. The summed E-state index contributed by atoms with van der Waals surface area (Å²) >= 11 is 7.05. The SMILES string of the molecule is CC(=O)C(C)(C)Oc1ncccc1Sc1cc(-n2c(=O)cc(C(F)(F)F)n(N)c2=O)c(F)cc1Cl. The van der Waals surface area contributed by atoms with Crippen LogP contribution in [0.15, 0.2) is 55.9 Å². The topological polar surface area (TPSA) is 109 Å². The zero-order valence-corrected chi connectivity index (χ0v) is 19.9. The van der Waals surface area contributed by atoms with Gasteiger partial charge in [0.2, 0.25) is 5.88 Å². The summed E-state index contributed by atoms with van der Waals surface area (Å²) in [5.74, 6) is 3.86. The number of Topliss-reactive ketones (excluding diaryl/α,β-unsaturated/α-hetero) is 1. The molecule has 0 aliphatic heterocycles. The molecule has 35 heavy (non-hydrogen) atoms. The summed E-state index contributed by atoms with van der Waals surface area (Å²) in [5.41, 5.74) is -6.65. The van der Waals surface area contributed by atoms with Crippen molar-refractivity contribution < 1.29 is 27.1 Å². The van der Waals surface area contributed by atoms with Gasteiger partial charge in [-0.2, -0.15) is 13.2 Å². The fourth-order valence-electron chi connectivity index (χ4n) is 2.73. The van der Waals surface area contributed by atoms with Crippen molar-refractivity contribution in [2.75, 3.05) is 5.84 Å². The molecular formula is C21H17ClF4N4O4S. The van der Waals surface area contributed by atoms with Crippen molar-refractivity contribution in [1.29, 1.82) is 0 Å². The minimum absolute atomic E-state index is 0.0515. The van der Waals surface area contributed by atoms with Crippen molar-refractivity contribution in [3.05, 3.63) is 73.9 Å². The van der Waals surface area contributed by atoms with E-state index in [0.717, 1.165) is 23.9 Å². The van der Waals surface area contributed by atoms with Gasteiger partial charge in [0.15, 0.2) is 17.1 Å². The number of aromatic nitrogens is 3. The van der Waals surface area contributed by atoms with Crippen molar-refractivity contribution in [3.63, 3.8) is 0 Å². The zero-order valence-electron chi connectivity index (χ0n) is 18.3. The van der Waals surface area contributed by atoms with Gasteiger partial charge in [0.1, 0.15) is 5.82 Å². The highest BCUT2D eigenvalue weighted by molar-refractivity contribution is 7.99. The number of pyridine rings is 1. The van der Waals surface area contributed by atoms with Gasteiger partial charge >= 0.3 is 11.9 Å². The fraction of sp³-hybridized carbons (Fsp3) is 0.238. The summed E-state index contributed by atoms with van der Waals surface area (Å²) < 4.78 is 59.5. The third-order valence-corrected chi connectivity index (χ3v) is 6.34. The molecule has 186 valence electrons. The molecular weight excluding hydrogens is 516 g/mol. The Bertz CT molecular complexity index is 1440. The number of hydrogen-bond donors (Lipinski definition) is 1. The number of alkyl halides is 3. The summed E-state index contributed by atoms with van der Waals surface area (Å²) in [7, 11) is 0. The van der Waals surface area contributed by atoms with E-state index < -0.39 is 40.2 Å². The minimum Gasteiger partial charge on any atom is -0.463 e. The molecule has 0 atom stereocenters. The molecule has 1 aromatic carbocycles. The smallest absolute Gasteiger partial charge is 0.433 e. The summed E-state index contributed by atoms with van der Waals surface area (Å²) in [6.07, 6.45) is -3.67. The van der Waals surface area contributed by atoms with Crippen molar-refractivity contribution in [2.24, 2.45) is 0 Å². The van der Waals surface area contributed by atoms with Crippen LogP contribution >= 0.6 is 23.4 Å². The molecule has 3 aromatic rings. The van der Waals surface area contributed by atoms with Crippen molar-refractivity contribution in [3.8, 4) is 11.6 Å². The zero-order chi connectivity index (χ0) is 26.3. The number of rotatable bonds is 6. The van der Waals surface area contributed by atoms with Gasteiger partial charge in [0, 0.05) is 17.2 Å². The largest absolute Gasteiger partial charge is 0.463 e. The van der Waals surface area contributed by atoms with E-state index in [1.165, 1.54) is 27.0 Å². The van der Waals surface area contributed by atoms with Gasteiger partial charge in [-0.05, 0) is 45.0 Å². The lowest BCUT2D eigenvalue weighted by Crippen LogP contribution is -2.45. The van der Waals surface area contributed by atoms with E-state index in [2.05, 4.69) is 4.98 Å². The number of nitrogens with zero attached hydrogens (tertiary/aromatic N) is 3. The van der Waals surface area contributed by atoms with E-state index in [0.29, 0.717) is 4.90 Å². The minimum atomic E-state index is -5.09. The third kappa shape index (κ3) is 5.35. The average Bonchev–Trinajstić information content (AvgIpc) is 2.74. The highest BCUT2D eigenvalue weighted by Crippen LogP contribution is 2.40. The number of ketones is 1. The third-order valence-electron chi connectivity index (χ3n) is 4.83. The quantitative estimate of drug-likeness (QED) is 0.380. The lowest BCUT2D eigenvalue weighted by atomic mass is 10.1. The first kappa shape index (κ1) is 26.3. The molecule has 3 rings (SSSR count). The Morgan fingerprint density at radius 3 is 2.43 bits per heavy atom. The van der Waals surface area contributed by atoms with Gasteiger partial charge in [-0.15, -0.1) is 0 Å². The van der Waals surface area contributed by atoms with Crippen LogP contribution in [0.1, 0.15) is 26.5 Å². The van der Waals surface area contributed by atoms with Gasteiger partial charge in [0.05, 0.1) is 15.6 Å². The average molecular weight is 533 g/mol. The Morgan fingerprint density at radius 2 is 1.83 bits per heavy atom. The predicted octanol–water partition coefficient (Wildman–Crippen LogP) is 3.82. The second-order valence-electron chi connectivity index (χ2n) is 7.66. The first-order valence-corrected chi connectivity index (χ1v) is 10.9. The summed E-state index contributed by atoms with van der Waals surface area (Å²) in [4.78, 5) is 41.2. The lowest BCUT2D eigenvalue weighted by Gasteiger charge is -2.23. The Kier molecular flexibility index (Phi) is 7.04. The van der Waals surface area contributed by atoms with Crippen LogP contribution in [0.25, 0.3) is 5.69 Å². The molecule has 0 bridgehead atoms. The number of carbonyl (C=O) groups is 1. The van der Waals surface area contributed by atoms with Crippen molar-refractivity contribution >= 4 is 29.1 Å². The van der Waals surface area contributed by atoms with Gasteiger partial charge in [-0.25, -0.2) is 23.4 Å². The molecule has 0 radical (unpaired) electrons. The molecule has 0 aliphatic carbocycles. The van der Waals surface area contributed by atoms with E-state index in [1.807, 2.05) is 0 Å². The Labute approximate surface area is 204 Å². The van der Waals surface area contributed by atoms with E-state index in [1.54, 1.807) is 12.1 Å². The van der Waals surface area contributed by atoms with Gasteiger partial charge in [-0.1, -0.05) is 23.4 Å². The van der Waals surface area contributed by atoms with Crippen LogP contribution in [0.2, 0.25) is 5.02 Å². The molecule has 8 nitrogen and oxygen atoms in total. The maximum absolute atomic E-state index is 14.7. The fourth-order valence-corrected chi connectivity index (χ4v) is 3.88. The van der Waals surface area contributed by atoms with Crippen LogP contribution in [0.5, 0.6) is 5.88 Å². The van der Waals surface area contributed by atoms with Gasteiger partial charge < -0.3 is 10.6 Å². The number of nitrogen functional groups attached to an aromatic ring is 1. The van der Waals surface area contributed by atoms with E-state index in [-0.39, 0.29) is 36.9 Å². The highest BCUT2D eigenvalue weighted by atomic mass is 35.5. The van der Waals surface area contributed by atoms with Gasteiger partial charge in [-0.3, -0.25) is 9.59 Å². The molecule has 0 spiro atoms. The van der Waals surface area contributed by atoms with Crippen LogP contribution in [-0.4, -0.2) is 25.6 Å². The van der Waals surface area contributed by atoms with Crippen molar-refractivity contribution in [2.45, 2.75) is 42.3 Å². The molecule has 2 aromatic heterocycles. The monoisotopic (exact) mass is 532 g/mol. The molecule has 2 heterocycles. The summed E-state index contributed by atoms with van der Waals surface area (Å²) in [5, 5.41) is -0.134. The Balaban J connectivity index is 2.13. The molecule has 0 fully saturated rings. The Morgan fingerprint density at radius 1 is 1.17 bits per heavy atom. The normalized spacial score (nSPS) is 12.0. The van der Waals surface area contributed by atoms with Crippen molar-refractivity contribution in [1.82, 2.24) is 14.2 Å². The standard InChI is InChI=1S/C21H17ClF4N4O4S/c1-10(31)20(2,3)34-18-14(5-4-6-28-18)35-15-8-13(12(23)7-11(15)22)29-17(32)9-16(21(24,25)26)30(27)19(29)33/h4-9H,27H2,1-3H3. The maximum atomic E-state index is 14.7. The first-order valence-electron chi connectivity index (χ1n) is 9.67.